The van der Waals surface area contributed by atoms with E-state index in [1.54, 1.807) is 11.3 Å². The smallest absolute Gasteiger partial charge is 0.193 e. The lowest BCUT2D eigenvalue weighted by Crippen LogP contribution is -2.45. The van der Waals surface area contributed by atoms with E-state index in [1.165, 1.54) is 12.8 Å². The zero-order chi connectivity index (χ0) is 13.9. The lowest BCUT2D eigenvalue weighted by Gasteiger charge is -2.33. The Labute approximate surface area is 146 Å². The van der Waals surface area contributed by atoms with Crippen LogP contribution >= 0.6 is 35.3 Å². The zero-order valence-electron chi connectivity index (χ0n) is 12.5. The molecule has 0 bridgehead atoms. The number of nitrogens with zero attached hydrogens (tertiary/aromatic N) is 4. The molecule has 7 heteroatoms. The summed E-state index contributed by atoms with van der Waals surface area (Å²) in [6.07, 6.45) is 6.69. The third-order valence-electron chi connectivity index (χ3n) is 3.74. The van der Waals surface area contributed by atoms with Gasteiger partial charge in [-0.2, -0.15) is 0 Å². The largest absolute Gasteiger partial charge is 0.351 e. The van der Waals surface area contributed by atoms with E-state index in [2.05, 4.69) is 37.7 Å². The summed E-state index contributed by atoms with van der Waals surface area (Å²) in [5.41, 5.74) is 1.06. The Balaban J connectivity index is 0.00000161. The molecule has 0 spiro atoms. The molecule has 1 aliphatic rings. The van der Waals surface area contributed by atoms with Crippen LogP contribution in [0.2, 0.25) is 0 Å². The highest BCUT2D eigenvalue weighted by Gasteiger charge is 2.19. The van der Waals surface area contributed by atoms with E-state index in [0.717, 1.165) is 42.2 Å². The molecule has 0 amide bonds. The highest BCUT2D eigenvalue weighted by molar-refractivity contribution is 14.0. The van der Waals surface area contributed by atoms with Crippen LogP contribution in [0.4, 0.5) is 0 Å². The summed E-state index contributed by atoms with van der Waals surface area (Å²) >= 11 is 1.66. The van der Waals surface area contributed by atoms with Crippen molar-refractivity contribution in [2.45, 2.75) is 26.3 Å². The van der Waals surface area contributed by atoms with Gasteiger partial charge in [0.05, 0.1) is 12.2 Å². The Morgan fingerprint density at radius 1 is 1.57 bits per heavy atom. The molecule has 0 aliphatic carbocycles. The zero-order valence-corrected chi connectivity index (χ0v) is 15.6. The number of halogens is 1. The molecule has 21 heavy (non-hydrogen) atoms. The fourth-order valence-electron chi connectivity index (χ4n) is 2.74. The van der Waals surface area contributed by atoms with Gasteiger partial charge in [0.15, 0.2) is 10.9 Å². The van der Waals surface area contributed by atoms with Crippen LogP contribution in [0.5, 0.6) is 0 Å². The number of rotatable bonds is 2. The van der Waals surface area contributed by atoms with Crippen LogP contribution in [0, 0.1) is 5.92 Å². The second kappa shape index (κ2) is 7.44. The van der Waals surface area contributed by atoms with Crippen molar-refractivity contribution in [3.8, 4) is 0 Å². The van der Waals surface area contributed by atoms with E-state index >= 15 is 0 Å². The van der Waals surface area contributed by atoms with Gasteiger partial charge in [0.1, 0.15) is 0 Å². The van der Waals surface area contributed by atoms with E-state index in [1.807, 2.05) is 18.6 Å². The summed E-state index contributed by atoms with van der Waals surface area (Å²) in [6.45, 7) is 5.23. The van der Waals surface area contributed by atoms with Crippen molar-refractivity contribution in [1.29, 1.82) is 0 Å². The molecular weight excluding hydrogens is 397 g/mol. The number of nitrogens with one attached hydrogen (secondary N) is 1. The number of piperidine rings is 1. The monoisotopic (exact) mass is 419 g/mol. The SMILES string of the molecule is CN=C(NCc1cn2ccsc2n1)N1CCCC(C)C1.I. The third kappa shape index (κ3) is 3.88. The van der Waals surface area contributed by atoms with E-state index in [0.29, 0.717) is 0 Å². The van der Waals surface area contributed by atoms with Crippen molar-refractivity contribution in [1.82, 2.24) is 19.6 Å². The number of aliphatic imine (C=N–C) groups is 1. The second-order valence-corrected chi connectivity index (χ2v) is 6.29. The Bertz CT molecular complexity index is 577. The van der Waals surface area contributed by atoms with Gasteiger partial charge in [0.2, 0.25) is 0 Å². The van der Waals surface area contributed by atoms with Crippen LogP contribution in [0.3, 0.4) is 0 Å². The van der Waals surface area contributed by atoms with Gasteiger partial charge in [-0.05, 0) is 18.8 Å². The Morgan fingerprint density at radius 2 is 2.43 bits per heavy atom. The molecule has 1 N–H and O–H groups in total. The summed E-state index contributed by atoms with van der Waals surface area (Å²) in [4.78, 5) is 12.4. The van der Waals surface area contributed by atoms with Crippen LogP contribution < -0.4 is 5.32 Å². The maximum atomic E-state index is 4.58. The minimum Gasteiger partial charge on any atom is -0.351 e. The average molecular weight is 419 g/mol. The first-order valence-electron chi connectivity index (χ1n) is 7.13. The lowest BCUT2D eigenvalue weighted by atomic mass is 10.0. The maximum Gasteiger partial charge on any atom is 0.193 e. The molecule has 1 aliphatic heterocycles. The van der Waals surface area contributed by atoms with Crippen LogP contribution in [0.1, 0.15) is 25.5 Å². The van der Waals surface area contributed by atoms with Crippen LogP contribution in [-0.4, -0.2) is 40.4 Å². The molecule has 2 aromatic rings. The molecule has 0 saturated carbocycles. The van der Waals surface area contributed by atoms with Crippen molar-refractivity contribution in [2.75, 3.05) is 20.1 Å². The summed E-state index contributed by atoms with van der Waals surface area (Å²) in [7, 11) is 1.85. The van der Waals surface area contributed by atoms with Crippen molar-refractivity contribution >= 4 is 46.2 Å². The van der Waals surface area contributed by atoms with E-state index in [4.69, 9.17) is 0 Å². The number of hydrogen-bond acceptors (Lipinski definition) is 3. The molecule has 1 unspecified atom stereocenters. The molecule has 1 atom stereocenters. The third-order valence-corrected chi connectivity index (χ3v) is 4.51. The van der Waals surface area contributed by atoms with Gasteiger partial charge in [-0.15, -0.1) is 35.3 Å². The topological polar surface area (TPSA) is 44.9 Å². The Morgan fingerprint density at radius 3 is 3.14 bits per heavy atom. The van der Waals surface area contributed by atoms with Gasteiger partial charge in [-0.3, -0.25) is 9.39 Å². The van der Waals surface area contributed by atoms with Gasteiger partial charge in [-0.25, -0.2) is 4.98 Å². The van der Waals surface area contributed by atoms with Crippen LogP contribution in [-0.2, 0) is 6.54 Å². The highest BCUT2D eigenvalue weighted by atomic mass is 127. The summed E-state index contributed by atoms with van der Waals surface area (Å²) in [6, 6.07) is 0. The van der Waals surface area contributed by atoms with E-state index in [-0.39, 0.29) is 24.0 Å². The number of aromatic nitrogens is 2. The molecule has 1 saturated heterocycles. The van der Waals surface area contributed by atoms with Gasteiger partial charge >= 0.3 is 0 Å². The summed E-state index contributed by atoms with van der Waals surface area (Å²) < 4.78 is 2.06. The maximum absolute atomic E-state index is 4.58. The fourth-order valence-corrected chi connectivity index (χ4v) is 3.46. The predicted molar refractivity (Wildman–Crippen MR) is 98.7 cm³/mol. The molecular formula is C14H22IN5S. The number of guanidine groups is 1. The van der Waals surface area contributed by atoms with E-state index < -0.39 is 0 Å². The number of thiazole rings is 1. The predicted octanol–water partition coefficient (Wildman–Crippen LogP) is 2.82. The van der Waals surface area contributed by atoms with Gasteiger partial charge in [0.25, 0.3) is 0 Å². The molecule has 3 heterocycles. The standard InChI is InChI=1S/C14H21N5S.HI/c1-11-4-3-5-18(9-11)13(15-2)16-8-12-10-19-6-7-20-14(19)17-12;/h6-7,10-11H,3-5,8-9H2,1-2H3,(H,15,16);1H. The quantitative estimate of drug-likeness (QED) is 0.463. The minimum atomic E-state index is 0. The Hall–Kier alpha value is -0.830. The second-order valence-electron chi connectivity index (χ2n) is 5.42. The molecule has 116 valence electrons. The fraction of sp³-hybridized carbons (Fsp3) is 0.571. The molecule has 3 rings (SSSR count). The van der Waals surface area contributed by atoms with Crippen molar-refractivity contribution in [3.05, 3.63) is 23.5 Å². The molecule has 0 radical (unpaired) electrons. The normalized spacial score (nSPS) is 19.6. The van der Waals surface area contributed by atoms with Crippen LogP contribution in [0.25, 0.3) is 4.96 Å². The number of likely N-dealkylation sites (tertiary alicyclic amines) is 1. The average Bonchev–Trinajstić information content (AvgIpc) is 3.00. The molecule has 0 aromatic carbocycles. The first-order chi connectivity index (χ1) is 9.76. The minimum absolute atomic E-state index is 0. The molecule has 2 aromatic heterocycles. The molecule has 5 nitrogen and oxygen atoms in total. The number of hydrogen-bond donors (Lipinski definition) is 1. The molecule has 1 fully saturated rings. The van der Waals surface area contributed by atoms with Gasteiger partial charge in [-0.1, -0.05) is 6.92 Å². The number of imidazole rings is 1. The highest BCUT2D eigenvalue weighted by Crippen LogP contribution is 2.15. The first-order valence-corrected chi connectivity index (χ1v) is 8.01. The van der Waals surface area contributed by atoms with Gasteiger partial charge < -0.3 is 10.2 Å². The van der Waals surface area contributed by atoms with Crippen LogP contribution in [0.15, 0.2) is 22.8 Å². The summed E-state index contributed by atoms with van der Waals surface area (Å²) in [5.74, 6) is 1.74. The Kier molecular flexibility index (Phi) is 5.86. The van der Waals surface area contributed by atoms with Crippen molar-refractivity contribution in [2.24, 2.45) is 10.9 Å². The van der Waals surface area contributed by atoms with Gasteiger partial charge in [0, 0.05) is 37.9 Å². The lowest BCUT2D eigenvalue weighted by molar-refractivity contribution is 0.266. The van der Waals surface area contributed by atoms with Crippen molar-refractivity contribution in [3.63, 3.8) is 0 Å². The van der Waals surface area contributed by atoms with Crippen molar-refractivity contribution < 1.29 is 0 Å². The number of fused-ring (bicyclic) bond motifs is 1. The summed E-state index contributed by atoms with van der Waals surface area (Å²) in [5, 5.41) is 5.48. The first kappa shape index (κ1) is 16.5. The van der Waals surface area contributed by atoms with E-state index in [9.17, 15) is 0 Å².